The summed E-state index contributed by atoms with van der Waals surface area (Å²) in [7, 11) is 0. The van der Waals surface area contributed by atoms with Gasteiger partial charge in [0.25, 0.3) is 0 Å². The van der Waals surface area contributed by atoms with Crippen LogP contribution in [-0.4, -0.2) is 45.8 Å². The second-order valence-corrected chi connectivity index (χ2v) is 6.08. The summed E-state index contributed by atoms with van der Waals surface area (Å²) in [5.41, 5.74) is 2.55. The summed E-state index contributed by atoms with van der Waals surface area (Å²) >= 11 is 0. The molecule has 2 aromatic rings. The molecule has 2 aromatic heterocycles. The maximum atomic E-state index is 12.6. The van der Waals surface area contributed by atoms with Crippen molar-refractivity contribution < 1.29 is 14.4 Å². The lowest BCUT2D eigenvalue weighted by molar-refractivity contribution is -0.129. The fraction of sp³-hybridized carbons (Fsp3) is 0.471. The van der Waals surface area contributed by atoms with Gasteiger partial charge in [0.15, 0.2) is 0 Å². The minimum Gasteiger partial charge on any atom is -0.396 e. The smallest absolute Gasteiger partial charge is 0.227 e. The van der Waals surface area contributed by atoms with Gasteiger partial charge in [0.05, 0.1) is 12.1 Å². The molecule has 0 aromatic carbocycles. The van der Waals surface area contributed by atoms with Gasteiger partial charge in [-0.15, -0.1) is 0 Å². The minimum atomic E-state index is 0.0264. The van der Waals surface area contributed by atoms with Crippen LogP contribution in [0.1, 0.15) is 28.6 Å². The van der Waals surface area contributed by atoms with Crippen molar-refractivity contribution in [1.29, 1.82) is 0 Å². The molecule has 6 heteroatoms. The summed E-state index contributed by atoms with van der Waals surface area (Å²) in [6.07, 6.45) is 2.03. The van der Waals surface area contributed by atoms with Gasteiger partial charge in [0, 0.05) is 49.0 Å². The van der Waals surface area contributed by atoms with Crippen molar-refractivity contribution in [3.8, 4) is 0 Å². The monoisotopic (exact) mass is 315 g/mol. The highest BCUT2D eigenvalue weighted by Crippen LogP contribution is 2.31. The Labute approximate surface area is 135 Å². The van der Waals surface area contributed by atoms with Crippen LogP contribution in [0.3, 0.4) is 0 Å². The van der Waals surface area contributed by atoms with E-state index in [-0.39, 0.29) is 30.8 Å². The van der Waals surface area contributed by atoms with E-state index in [9.17, 15) is 9.90 Å². The molecule has 1 N–H and O–H groups in total. The topological polar surface area (TPSA) is 79.5 Å². The van der Waals surface area contributed by atoms with E-state index in [0.717, 1.165) is 17.0 Å². The highest BCUT2D eigenvalue weighted by molar-refractivity contribution is 5.79. The van der Waals surface area contributed by atoms with E-state index < -0.39 is 0 Å². The van der Waals surface area contributed by atoms with Crippen LogP contribution in [0.2, 0.25) is 0 Å². The zero-order chi connectivity index (χ0) is 16.4. The third-order valence-electron chi connectivity index (χ3n) is 4.61. The molecule has 3 heterocycles. The third-order valence-corrected chi connectivity index (χ3v) is 4.61. The fourth-order valence-electron chi connectivity index (χ4n) is 3.21. The van der Waals surface area contributed by atoms with Gasteiger partial charge < -0.3 is 14.5 Å². The number of carbonyl (C=O) groups is 1. The number of aromatic nitrogens is 2. The highest BCUT2D eigenvalue weighted by atomic mass is 16.5. The van der Waals surface area contributed by atoms with Crippen LogP contribution in [0.4, 0.5) is 0 Å². The van der Waals surface area contributed by atoms with Gasteiger partial charge in [-0.25, -0.2) is 0 Å². The molecule has 122 valence electrons. The van der Waals surface area contributed by atoms with Crippen LogP contribution in [0.5, 0.6) is 0 Å². The molecule has 6 nitrogen and oxygen atoms in total. The van der Waals surface area contributed by atoms with E-state index in [4.69, 9.17) is 4.52 Å². The molecule has 0 radical (unpaired) electrons. The van der Waals surface area contributed by atoms with Gasteiger partial charge in [0.2, 0.25) is 5.91 Å². The molecule has 0 unspecified atom stereocenters. The molecular formula is C17H21N3O3. The lowest BCUT2D eigenvalue weighted by Gasteiger charge is -2.16. The van der Waals surface area contributed by atoms with Crippen LogP contribution in [0.25, 0.3) is 0 Å². The van der Waals surface area contributed by atoms with E-state index >= 15 is 0 Å². The molecule has 3 rings (SSSR count). The number of rotatable bonds is 4. The van der Waals surface area contributed by atoms with E-state index in [1.807, 2.05) is 36.9 Å². The molecule has 0 aliphatic carbocycles. The maximum Gasteiger partial charge on any atom is 0.227 e. The van der Waals surface area contributed by atoms with Gasteiger partial charge >= 0.3 is 0 Å². The lowest BCUT2D eigenvalue weighted by Crippen LogP contribution is -2.30. The van der Waals surface area contributed by atoms with Gasteiger partial charge in [0.1, 0.15) is 5.76 Å². The second kappa shape index (κ2) is 6.50. The Bertz CT molecular complexity index is 664. The van der Waals surface area contributed by atoms with Crippen molar-refractivity contribution >= 4 is 5.91 Å². The molecule has 1 saturated heterocycles. The van der Waals surface area contributed by atoms with E-state index in [1.165, 1.54) is 0 Å². The summed E-state index contributed by atoms with van der Waals surface area (Å²) in [4.78, 5) is 18.8. The van der Waals surface area contributed by atoms with Crippen LogP contribution in [0.15, 0.2) is 28.9 Å². The van der Waals surface area contributed by atoms with E-state index in [1.54, 1.807) is 6.20 Å². The average molecular weight is 315 g/mol. The Morgan fingerprint density at radius 2 is 2.22 bits per heavy atom. The molecule has 0 spiro atoms. The quantitative estimate of drug-likeness (QED) is 0.924. The van der Waals surface area contributed by atoms with Gasteiger partial charge in [-0.3, -0.25) is 9.78 Å². The maximum absolute atomic E-state index is 12.6. The number of hydrogen-bond donors (Lipinski definition) is 1. The summed E-state index contributed by atoms with van der Waals surface area (Å²) in [6, 6.07) is 5.76. The molecule has 2 atom stereocenters. The molecule has 1 aliphatic rings. The summed E-state index contributed by atoms with van der Waals surface area (Å²) in [5.74, 6) is 0.833. The number of amides is 1. The van der Waals surface area contributed by atoms with Crippen molar-refractivity contribution in [2.45, 2.75) is 26.2 Å². The Kier molecular flexibility index (Phi) is 4.43. The first-order valence-corrected chi connectivity index (χ1v) is 7.81. The van der Waals surface area contributed by atoms with E-state index in [2.05, 4.69) is 10.1 Å². The first kappa shape index (κ1) is 15.7. The fourth-order valence-corrected chi connectivity index (χ4v) is 3.21. The third kappa shape index (κ3) is 3.12. The molecule has 1 amide bonds. The summed E-state index contributed by atoms with van der Waals surface area (Å²) in [5, 5.41) is 13.5. The average Bonchev–Trinajstić information content (AvgIpc) is 3.14. The zero-order valence-electron chi connectivity index (χ0n) is 13.4. The number of carbonyl (C=O) groups excluding carboxylic acids is 1. The number of aliphatic hydroxyl groups is 1. The zero-order valence-corrected chi connectivity index (χ0v) is 13.4. The predicted octanol–water partition coefficient (Wildman–Crippen LogP) is 1.46. The van der Waals surface area contributed by atoms with E-state index in [0.29, 0.717) is 18.8 Å². The number of likely N-dealkylation sites (tertiary alicyclic amines) is 1. The predicted molar refractivity (Wildman–Crippen MR) is 83.8 cm³/mol. The molecule has 1 fully saturated rings. The summed E-state index contributed by atoms with van der Waals surface area (Å²) < 4.78 is 5.12. The van der Waals surface area contributed by atoms with Crippen LogP contribution < -0.4 is 0 Å². The molecule has 0 saturated carbocycles. The lowest BCUT2D eigenvalue weighted by atomic mass is 9.93. The van der Waals surface area contributed by atoms with Crippen LogP contribution in [0, 0.1) is 19.8 Å². The highest BCUT2D eigenvalue weighted by Gasteiger charge is 2.36. The molecule has 23 heavy (non-hydrogen) atoms. The first-order valence-electron chi connectivity index (χ1n) is 7.81. The Morgan fingerprint density at radius 3 is 2.83 bits per heavy atom. The molecule has 1 aliphatic heterocycles. The van der Waals surface area contributed by atoms with Gasteiger partial charge in [-0.2, -0.15) is 0 Å². The summed E-state index contributed by atoms with van der Waals surface area (Å²) in [6.45, 7) is 4.86. The van der Waals surface area contributed by atoms with Crippen molar-refractivity contribution in [3.05, 3.63) is 47.1 Å². The molecule has 0 bridgehead atoms. The number of pyridine rings is 1. The standard InChI is InChI=1S/C17H21N3O3/c1-11-14(12(2)23-19-11)7-17(22)20-8-13(10-21)15(9-20)16-5-3-4-6-18-16/h3-6,13,15,21H,7-10H2,1-2H3/t13-,15+/m0/s1. The Hall–Kier alpha value is -2.21. The number of nitrogens with zero attached hydrogens (tertiary/aromatic N) is 3. The normalized spacial score (nSPS) is 20.9. The Balaban J connectivity index is 1.73. The van der Waals surface area contributed by atoms with Crippen molar-refractivity contribution in [3.63, 3.8) is 0 Å². The minimum absolute atomic E-state index is 0.0264. The van der Waals surface area contributed by atoms with Gasteiger partial charge in [-0.05, 0) is 26.0 Å². The largest absolute Gasteiger partial charge is 0.396 e. The first-order chi connectivity index (χ1) is 11.1. The van der Waals surface area contributed by atoms with Crippen molar-refractivity contribution in [2.24, 2.45) is 5.92 Å². The SMILES string of the molecule is Cc1noc(C)c1CC(=O)N1C[C@@H](CO)[C@H](c2ccccn2)C1. The number of hydrogen-bond acceptors (Lipinski definition) is 5. The van der Waals surface area contributed by atoms with Crippen molar-refractivity contribution in [1.82, 2.24) is 15.0 Å². The second-order valence-electron chi connectivity index (χ2n) is 6.08. The van der Waals surface area contributed by atoms with Crippen LogP contribution in [-0.2, 0) is 11.2 Å². The number of aryl methyl sites for hydroxylation is 2. The van der Waals surface area contributed by atoms with Crippen molar-refractivity contribution in [2.75, 3.05) is 19.7 Å². The van der Waals surface area contributed by atoms with Gasteiger partial charge in [-0.1, -0.05) is 11.2 Å². The molecular weight excluding hydrogens is 294 g/mol. The van der Waals surface area contributed by atoms with Crippen LogP contribution >= 0.6 is 0 Å². The number of aliphatic hydroxyl groups excluding tert-OH is 1. The Morgan fingerprint density at radius 1 is 1.39 bits per heavy atom.